The van der Waals surface area contributed by atoms with Gasteiger partial charge in [-0.3, -0.25) is 4.79 Å². The number of primary amides is 1. The first-order chi connectivity index (χ1) is 21.3. The monoisotopic (exact) mass is 707 g/mol. The molecule has 0 spiro atoms. The maximum Gasteiger partial charge on any atom is 0.514 e. The first-order valence-electron chi connectivity index (χ1n) is 12.3. The number of benzene rings is 3. The van der Waals surface area contributed by atoms with Gasteiger partial charge < -0.3 is 34.5 Å². The molecule has 13 nitrogen and oxygen atoms in total. The Labute approximate surface area is 274 Å². The van der Waals surface area contributed by atoms with Gasteiger partial charge in [-0.2, -0.15) is 0 Å². The number of ether oxygens (including phenoxy) is 5. The summed E-state index contributed by atoms with van der Waals surface area (Å²) in [6.07, 6.45) is -3.73. The summed E-state index contributed by atoms with van der Waals surface area (Å²) < 4.78 is 32.5. The van der Waals surface area contributed by atoms with Gasteiger partial charge in [0.2, 0.25) is 21.2 Å². The molecular weight excluding hydrogens is 681 g/mol. The van der Waals surface area contributed by atoms with E-state index >= 15 is 0 Å². The van der Waals surface area contributed by atoms with Crippen LogP contribution in [0.5, 0.6) is 17.2 Å². The largest absolute Gasteiger partial charge is 0.514 e. The highest BCUT2D eigenvalue weighted by atomic mass is 36.0. The van der Waals surface area contributed by atoms with Gasteiger partial charge in [-0.15, -0.1) is 0 Å². The van der Waals surface area contributed by atoms with Crippen molar-refractivity contribution >= 4 is 71.8 Å². The Morgan fingerprint density at radius 1 is 0.778 bits per heavy atom. The molecule has 3 aromatic carbocycles. The minimum Gasteiger partial charge on any atom is -0.463 e. The minimum absolute atomic E-state index is 0.0575. The van der Waals surface area contributed by atoms with Gasteiger partial charge in [-0.25, -0.2) is 23.4 Å². The number of amides is 1. The van der Waals surface area contributed by atoms with Crippen molar-refractivity contribution in [3.63, 3.8) is 0 Å². The number of carbonyl (C=O) groups excluding carboxylic acids is 4. The lowest BCUT2D eigenvalue weighted by molar-refractivity contribution is -0.154. The molecule has 0 aromatic heterocycles. The van der Waals surface area contributed by atoms with Crippen LogP contribution in [0.1, 0.15) is 19.8 Å². The van der Waals surface area contributed by atoms with E-state index in [0.29, 0.717) is 11.5 Å². The van der Waals surface area contributed by atoms with Crippen molar-refractivity contribution in [3.8, 4) is 17.2 Å². The van der Waals surface area contributed by atoms with Crippen molar-refractivity contribution in [3.05, 3.63) is 91.0 Å². The van der Waals surface area contributed by atoms with Gasteiger partial charge in [0, 0.05) is 45.8 Å². The predicted molar refractivity (Wildman–Crippen MR) is 166 cm³/mol. The molecule has 0 bridgehead atoms. The number of carbonyl (C=O) groups is 5. The summed E-state index contributed by atoms with van der Waals surface area (Å²) in [7, 11) is 7.36. The smallest absolute Gasteiger partial charge is 0.463 e. The summed E-state index contributed by atoms with van der Waals surface area (Å²) in [4.78, 5) is 54.1. The zero-order chi connectivity index (χ0) is 34.0. The SMILES string of the molecule is CCOC(=O)C(CCC(N)=O)OC(=O)Oc1ccccc1.O=C(Cl)Oc1ccccc1.O=C(O)Oc1ccccc1.O=S(Cl)Cl. The second kappa shape index (κ2) is 25.0. The standard InChI is InChI=1S/C14H17NO6.C7H5ClO2.C7H6O3.Cl2OS/c1-2-19-13(17)11(8-9-12(15)16)21-14(18)20-10-6-4-3-5-7-10;2*8-7(9)10-6-4-2-1-3-5-6;1-4(2)3/h3-7,11H,2,8-9H2,1H3,(H2,15,16);1-5H;1-5H,(H,8,9);. The molecule has 0 saturated heterocycles. The molecule has 3 aromatic rings. The average Bonchev–Trinajstić information content (AvgIpc) is 2.96. The van der Waals surface area contributed by atoms with Gasteiger partial charge in [0.1, 0.15) is 17.2 Å². The molecule has 0 aliphatic carbocycles. The molecule has 1 atom stereocenters. The summed E-state index contributed by atoms with van der Waals surface area (Å²) in [5.41, 5.74) is 4.19. The van der Waals surface area contributed by atoms with Crippen LogP contribution in [0.2, 0.25) is 0 Å². The summed E-state index contributed by atoms with van der Waals surface area (Å²) in [6, 6.07) is 25.2. The summed E-state index contributed by atoms with van der Waals surface area (Å²) in [5.74, 6) is -0.273. The third-order valence-corrected chi connectivity index (χ3v) is 4.35. The van der Waals surface area contributed by atoms with E-state index < -0.39 is 44.9 Å². The Morgan fingerprint density at radius 2 is 1.18 bits per heavy atom. The second-order valence-corrected chi connectivity index (χ2v) is 10.4. The van der Waals surface area contributed by atoms with Crippen molar-refractivity contribution in [1.82, 2.24) is 0 Å². The molecule has 3 rings (SSSR count). The molecule has 3 N–H and O–H groups in total. The van der Waals surface area contributed by atoms with Crippen molar-refractivity contribution in [2.45, 2.75) is 25.9 Å². The molecule has 0 radical (unpaired) electrons. The van der Waals surface area contributed by atoms with Gasteiger partial charge in [0.15, 0.2) is 0 Å². The number of esters is 1. The highest BCUT2D eigenvalue weighted by Crippen LogP contribution is 2.12. The number of hydrogen-bond donors (Lipinski definition) is 2. The maximum atomic E-state index is 11.6. The van der Waals surface area contributed by atoms with E-state index in [4.69, 9.17) is 40.9 Å². The van der Waals surface area contributed by atoms with Crippen molar-refractivity contribution < 1.29 is 57.0 Å². The molecule has 0 fully saturated rings. The Bertz CT molecular complexity index is 1280. The molecule has 0 heterocycles. The quantitative estimate of drug-likeness (QED) is 0.137. The Morgan fingerprint density at radius 3 is 1.53 bits per heavy atom. The van der Waals surface area contributed by atoms with Gasteiger partial charge in [0.25, 0.3) is 0 Å². The number of nitrogens with two attached hydrogens (primary N) is 1. The molecule has 0 saturated carbocycles. The van der Waals surface area contributed by atoms with Crippen LogP contribution in [0.3, 0.4) is 0 Å². The second-order valence-electron chi connectivity index (χ2n) is 7.55. The van der Waals surface area contributed by atoms with E-state index in [2.05, 4.69) is 30.8 Å². The minimum atomic E-state index is -1.67. The fourth-order valence-corrected chi connectivity index (χ4v) is 2.72. The molecule has 0 aliphatic rings. The fourth-order valence-electron chi connectivity index (χ4n) is 2.63. The zero-order valence-electron chi connectivity index (χ0n) is 23.4. The topological polar surface area (TPSA) is 195 Å². The molecule has 1 unspecified atom stereocenters. The Kier molecular flexibility index (Phi) is 22.6. The molecule has 1 amide bonds. The third kappa shape index (κ3) is 24.7. The van der Waals surface area contributed by atoms with Gasteiger partial charge >= 0.3 is 23.7 Å². The van der Waals surface area contributed by atoms with Crippen LogP contribution in [0.4, 0.5) is 14.4 Å². The first kappa shape index (κ1) is 40.6. The lowest BCUT2D eigenvalue weighted by Gasteiger charge is -2.15. The lowest BCUT2D eigenvalue weighted by Crippen LogP contribution is -2.31. The highest BCUT2D eigenvalue weighted by molar-refractivity contribution is 8.26. The molecular formula is C28H28Cl3NO12S. The molecule has 0 aliphatic heterocycles. The van der Waals surface area contributed by atoms with Crippen LogP contribution in [-0.2, 0) is 28.3 Å². The van der Waals surface area contributed by atoms with Crippen LogP contribution in [0.25, 0.3) is 0 Å². The van der Waals surface area contributed by atoms with E-state index in [1.165, 1.54) is 0 Å². The van der Waals surface area contributed by atoms with Crippen LogP contribution in [0.15, 0.2) is 91.0 Å². The Hall–Kier alpha value is -4.37. The lowest BCUT2D eigenvalue weighted by atomic mass is 10.2. The van der Waals surface area contributed by atoms with Gasteiger partial charge in [0.05, 0.1) is 6.61 Å². The summed E-state index contributed by atoms with van der Waals surface area (Å²) >= 11 is 4.95. The number of carboxylic acid groups (broad SMARTS) is 1. The summed E-state index contributed by atoms with van der Waals surface area (Å²) in [5, 5.41) is 8.14. The molecule has 45 heavy (non-hydrogen) atoms. The normalized spacial score (nSPS) is 9.98. The molecule has 244 valence electrons. The number of halogens is 3. The van der Waals surface area contributed by atoms with Crippen LogP contribution < -0.4 is 19.9 Å². The predicted octanol–water partition coefficient (Wildman–Crippen LogP) is 6.61. The van der Waals surface area contributed by atoms with E-state index in [0.717, 1.165) is 0 Å². The van der Waals surface area contributed by atoms with Crippen LogP contribution >= 0.6 is 33.0 Å². The van der Waals surface area contributed by atoms with E-state index in [-0.39, 0.29) is 25.2 Å². The van der Waals surface area contributed by atoms with Crippen molar-refractivity contribution in [1.29, 1.82) is 0 Å². The van der Waals surface area contributed by atoms with Crippen LogP contribution in [0, 0.1) is 0 Å². The average molecular weight is 709 g/mol. The van der Waals surface area contributed by atoms with E-state index in [1.807, 2.05) is 6.07 Å². The zero-order valence-corrected chi connectivity index (χ0v) is 26.5. The van der Waals surface area contributed by atoms with Gasteiger partial charge in [-0.1, -0.05) is 54.6 Å². The third-order valence-electron chi connectivity index (χ3n) is 4.27. The number of para-hydroxylation sites is 3. The Balaban J connectivity index is 0.000000669. The van der Waals surface area contributed by atoms with Crippen molar-refractivity contribution in [2.75, 3.05) is 6.61 Å². The first-order valence-corrected chi connectivity index (χ1v) is 15.5. The van der Waals surface area contributed by atoms with Crippen molar-refractivity contribution in [2.24, 2.45) is 5.73 Å². The van der Waals surface area contributed by atoms with Crippen LogP contribution in [-0.4, -0.2) is 51.6 Å². The van der Waals surface area contributed by atoms with E-state index in [9.17, 15) is 24.0 Å². The van der Waals surface area contributed by atoms with Gasteiger partial charge in [-0.05, 0) is 43.3 Å². The highest BCUT2D eigenvalue weighted by Gasteiger charge is 2.26. The maximum absolute atomic E-state index is 11.6. The fraction of sp³-hybridized carbons (Fsp3) is 0.179. The summed E-state index contributed by atoms with van der Waals surface area (Å²) in [6.45, 7) is 1.74. The van der Waals surface area contributed by atoms with E-state index in [1.54, 1.807) is 91.9 Å². The number of rotatable bonds is 9. The molecule has 17 heteroatoms. The number of hydrogen-bond acceptors (Lipinski definition) is 11.